The fraction of sp³-hybridized carbons (Fsp3) is 0.188. The third-order valence-corrected chi connectivity index (χ3v) is 8.16. The van der Waals surface area contributed by atoms with Gasteiger partial charge >= 0.3 is 0 Å². The van der Waals surface area contributed by atoms with Crippen LogP contribution < -0.4 is 10.9 Å². The molecule has 0 bridgehead atoms. The number of nitrogens with zero attached hydrogens (tertiary/aromatic N) is 2. The van der Waals surface area contributed by atoms with E-state index in [0.29, 0.717) is 17.6 Å². The Morgan fingerprint density at radius 1 is 1.10 bits per heavy atom. The van der Waals surface area contributed by atoms with Gasteiger partial charge in [0.1, 0.15) is 0 Å². The molecule has 39 heavy (non-hydrogen) atoms. The number of hydrogen-bond donors (Lipinski definition) is 2. The molecular weight excluding hydrogens is 504 g/mol. The average molecular weight is 535 g/mol. The molecular formula is C32H30N4O2S. The standard InChI is InChI=1S/C32H30N4O2S/c1-5-32(4,31(38)36-35-30(37)25-13-7-6-8-14-25)21(2)28-22(3)39-27-17-10-9-16-26(27)29(34-28)24-15-11-12-23(20-33)18-19-24/h5-10,12-19,21H,1,11H2,2-4H3,(H,35,37)(H,36,38). The van der Waals surface area contributed by atoms with E-state index < -0.39 is 17.2 Å². The summed E-state index contributed by atoms with van der Waals surface area (Å²) in [5.41, 5.74) is 8.49. The van der Waals surface area contributed by atoms with Gasteiger partial charge in [-0.25, -0.2) is 0 Å². The van der Waals surface area contributed by atoms with Gasteiger partial charge in [0.25, 0.3) is 5.91 Å². The van der Waals surface area contributed by atoms with Crippen molar-refractivity contribution in [3.63, 3.8) is 0 Å². The van der Waals surface area contributed by atoms with Crippen molar-refractivity contribution in [1.29, 1.82) is 5.26 Å². The summed E-state index contributed by atoms with van der Waals surface area (Å²) in [6.45, 7) is 9.72. The average Bonchev–Trinajstić information content (AvgIpc) is 3.29. The van der Waals surface area contributed by atoms with Crippen LogP contribution in [0.3, 0.4) is 0 Å². The lowest BCUT2D eigenvalue weighted by molar-refractivity contribution is -0.130. The monoisotopic (exact) mass is 534 g/mol. The van der Waals surface area contributed by atoms with Gasteiger partial charge in [0.2, 0.25) is 5.91 Å². The molecule has 0 spiro atoms. The van der Waals surface area contributed by atoms with Gasteiger partial charge in [0.05, 0.1) is 22.9 Å². The highest BCUT2D eigenvalue weighted by Gasteiger charge is 2.40. The van der Waals surface area contributed by atoms with E-state index in [0.717, 1.165) is 32.3 Å². The highest BCUT2D eigenvalue weighted by Crippen LogP contribution is 2.43. The van der Waals surface area contributed by atoms with Crippen LogP contribution in [-0.2, 0) is 4.79 Å². The van der Waals surface area contributed by atoms with Gasteiger partial charge in [-0.15, -0.1) is 6.58 Å². The molecule has 2 aromatic carbocycles. The molecule has 0 saturated carbocycles. The van der Waals surface area contributed by atoms with Crippen molar-refractivity contribution in [3.05, 3.63) is 124 Å². The summed E-state index contributed by atoms with van der Waals surface area (Å²) >= 11 is 1.61. The maximum atomic E-state index is 13.5. The maximum Gasteiger partial charge on any atom is 0.269 e. The number of thioether (sulfide) groups is 1. The fourth-order valence-electron chi connectivity index (χ4n) is 4.40. The highest BCUT2D eigenvalue weighted by atomic mass is 32.2. The molecule has 2 aliphatic rings. The predicted molar refractivity (Wildman–Crippen MR) is 157 cm³/mol. The fourth-order valence-corrected chi connectivity index (χ4v) is 5.47. The number of fused-ring (bicyclic) bond motifs is 1. The highest BCUT2D eigenvalue weighted by molar-refractivity contribution is 8.03. The van der Waals surface area contributed by atoms with Gasteiger partial charge in [-0.3, -0.25) is 25.4 Å². The van der Waals surface area contributed by atoms with Crippen molar-refractivity contribution in [3.8, 4) is 6.07 Å². The zero-order valence-corrected chi connectivity index (χ0v) is 23.0. The van der Waals surface area contributed by atoms with Crippen molar-refractivity contribution >= 4 is 29.3 Å². The lowest BCUT2D eigenvalue weighted by Gasteiger charge is -2.32. The molecule has 196 valence electrons. The number of hydrazine groups is 1. The lowest BCUT2D eigenvalue weighted by Crippen LogP contribution is -2.50. The molecule has 4 rings (SSSR count). The van der Waals surface area contributed by atoms with Gasteiger partial charge in [-0.2, -0.15) is 5.26 Å². The number of carbonyl (C=O) groups excluding carboxylic acids is 2. The third kappa shape index (κ3) is 5.87. The Morgan fingerprint density at radius 3 is 2.54 bits per heavy atom. The van der Waals surface area contributed by atoms with Crippen molar-refractivity contribution in [2.24, 2.45) is 16.3 Å². The van der Waals surface area contributed by atoms with Gasteiger partial charge < -0.3 is 0 Å². The zero-order valence-electron chi connectivity index (χ0n) is 22.2. The normalized spacial score (nSPS) is 17.0. The minimum atomic E-state index is -1.09. The van der Waals surface area contributed by atoms with E-state index in [2.05, 4.69) is 35.6 Å². The van der Waals surface area contributed by atoms with Crippen LogP contribution in [0.1, 0.15) is 43.1 Å². The van der Waals surface area contributed by atoms with Crippen LogP contribution in [-0.4, -0.2) is 17.5 Å². The Hall–Kier alpha value is -4.41. The first-order valence-corrected chi connectivity index (χ1v) is 13.4. The number of benzene rings is 2. The Labute approximate surface area is 233 Å². The second kappa shape index (κ2) is 12.0. The van der Waals surface area contributed by atoms with E-state index in [-0.39, 0.29) is 5.92 Å². The van der Waals surface area contributed by atoms with Crippen molar-refractivity contribution in [2.75, 3.05) is 0 Å². The summed E-state index contributed by atoms with van der Waals surface area (Å²) < 4.78 is 0. The molecule has 1 aliphatic carbocycles. The number of aliphatic imine (C=N–C) groups is 1. The summed E-state index contributed by atoms with van der Waals surface area (Å²) in [6, 6.07) is 19.0. The van der Waals surface area contributed by atoms with Crippen LogP contribution in [0.15, 0.2) is 123 Å². The van der Waals surface area contributed by atoms with E-state index in [1.807, 2.05) is 50.3 Å². The number of nitriles is 1. The number of allylic oxidation sites excluding steroid dienone is 8. The summed E-state index contributed by atoms with van der Waals surface area (Å²) in [7, 11) is 0. The first kappa shape index (κ1) is 27.6. The zero-order chi connectivity index (χ0) is 28.0. The number of carbonyl (C=O) groups is 2. The number of rotatable bonds is 6. The molecule has 6 nitrogen and oxygen atoms in total. The van der Waals surface area contributed by atoms with Gasteiger partial charge in [0, 0.05) is 32.4 Å². The largest absolute Gasteiger partial charge is 0.272 e. The smallest absolute Gasteiger partial charge is 0.269 e. The first-order valence-electron chi connectivity index (χ1n) is 12.6. The van der Waals surface area contributed by atoms with Crippen molar-refractivity contribution < 1.29 is 9.59 Å². The second-order valence-corrected chi connectivity index (χ2v) is 10.7. The molecule has 2 unspecified atom stereocenters. The summed E-state index contributed by atoms with van der Waals surface area (Å²) in [5.74, 6) is -1.19. The number of nitrogens with one attached hydrogen (secondary N) is 2. The molecule has 2 amide bonds. The minimum absolute atomic E-state index is 0.386. The molecule has 1 aliphatic heterocycles. The van der Waals surface area contributed by atoms with Crippen LogP contribution in [0.5, 0.6) is 0 Å². The van der Waals surface area contributed by atoms with Crippen LogP contribution >= 0.6 is 11.8 Å². The quantitative estimate of drug-likeness (QED) is 0.329. The number of hydrogen-bond acceptors (Lipinski definition) is 5. The van der Waals surface area contributed by atoms with Crippen LogP contribution in [0.25, 0.3) is 0 Å². The molecule has 1 heterocycles. The maximum absolute atomic E-state index is 13.5. The van der Waals surface area contributed by atoms with E-state index in [4.69, 9.17) is 4.99 Å². The SMILES string of the molecule is C=CC(C)(C(=O)NNC(=O)c1ccccc1)C(C)C1=C(C)Sc2ccccc2C(C2=CCC=C(C#N)C=C2)=N1. The summed E-state index contributed by atoms with van der Waals surface area (Å²) in [6.07, 6.45) is 9.88. The Bertz CT molecular complexity index is 1510. The Balaban J connectivity index is 1.68. The van der Waals surface area contributed by atoms with Crippen LogP contribution in [0.4, 0.5) is 0 Å². The Morgan fingerprint density at radius 2 is 1.82 bits per heavy atom. The van der Waals surface area contributed by atoms with E-state index in [1.165, 1.54) is 0 Å². The summed E-state index contributed by atoms with van der Waals surface area (Å²) in [4.78, 5) is 33.2. The van der Waals surface area contributed by atoms with Crippen molar-refractivity contribution in [1.82, 2.24) is 10.9 Å². The molecule has 2 atom stereocenters. The Kier molecular flexibility index (Phi) is 8.48. The van der Waals surface area contributed by atoms with E-state index >= 15 is 0 Å². The predicted octanol–water partition coefficient (Wildman–Crippen LogP) is 6.44. The van der Waals surface area contributed by atoms with E-state index in [9.17, 15) is 14.9 Å². The van der Waals surface area contributed by atoms with Crippen molar-refractivity contribution in [2.45, 2.75) is 32.1 Å². The molecule has 7 heteroatoms. The topological polar surface area (TPSA) is 94.4 Å². The molecule has 0 aromatic heterocycles. The molecule has 0 fully saturated rings. The second-order valence-electron chi connectivity index (χ2n) is 9.48. The third-order valence-electron chi connectivity index (χ3n) is 7.07. The van der Waals surface area contributed by atoms with Gasteiger partial charge in [0.15, 0.2) is 0 Å². The molecule has 0 radical (unpaired) electrons. The number of amides is 2. The first-order chi connectivity index (χ1) is 18.8. The molecule has 0 saturated heterocycles. The minimum Gasteiger partial charge on any atom is -0.272 e. The summed E-state index contributed by atoms with van der Waals surface area (Å²) in [5, 5.41) is 9.37. The van der Waals surface area contributed by atoms with Gasteiger partial charge in [-0.1, -0.05) is 79.4 Å². The molecule has 2 N–H and O–H groups in total. The van der Waals surface area contributed by atoms with E-state index in [1.54, 1.807) is 55.1 Å². The lowest BCUT2D eigenvalue weighted by atomic mass is 9.75. The van der Waals surface area contributed by atoms with Gasteiger partial charge in [-0.05, 0) is 50.1 Å². The van der Waals surface area contributed by atoms with Crippen LogP contribution in [0, 0.1) is 22.7 Å². The van der Waals surface area contributed by atoms with Crippen LogP contribution in [0.2, 0.25) is 0 Å². The molecule has 2 aromatic rings.